The van der Waals surface area contributed by atoms with E-state index in [2.05, 4.69) is 4.98 Å². The third kappa shape index (κ3) is 2.74. The largest absolute Gasteiger partial charge is 0.368 e. The first-order valence-electron chi connectivity index (χ1n) is 5.43. The fourth-order valence-corrected chi connectivity index (χ4v) is 3.19. The highest BCUT2D eigenvalue weighted by atomic mass is 32.2. The van der Waals surface area contributed by atoms with E-state index in [9.17, 15) is 8.42 Å². The molecule has 1 aliphatic heterocycles. The topological polar surface area (TPSA) is 74.1 Å². The van der Waals surface area contributed by atoms with E-state index in [0.29, 0.717) is 25.2 Å². The Labute approximate surface area is 101 Å². The zero-order valence-electron chi connectivity index (χ0n) is 9.33. The van der Waals surface area contributed by atoms with Crippen molar-refractivity contribution >= 4 is 15.5 Å². The zero-order valence-corrected chi connectivity index (χ0v) is 10.2. The van der Waals surface area contributed by atoms with Gasteiger partial charge in [0, 0.05) is 19.3 Å². The molecule has 5 nitrogen and oxygen atoms in total. The van der Waals surface area contributed by atoms with Crippen LogP contribution in [0.5, 0.6) is 0 Å². The van der Waals surface area contributed by atoms with Gasteiger partial charge in [0.2, 0.25) is 0 Å². The molecule has 2 heterocycles. The summed E-state index contributed by atoms with van der Waals surface area (Å²) in [5.41, 5.74) is 1.08. The summed E-state index contributed by atoms with van der Waals surface area (Å²) in [6.45, 7) is 1.09. The first-order chi connectivity index (χ1) is 8.12. The first-order valence-corrected chi connectivity index (χ1v) is 7.25. The van der Waals surface area contributed by atoms with Gasteiger partial charge in [0.1, 0.15) is 6.07 Å². The first kappa shape index (κ1) is 11.9. The molecule has 0 bridgehead atoms. The lowest BCUT2D eigenvalue weighted by Crippen LogP contribution is -2.27. The summed E-state index contributed by atoms with van der Waals surface area (Å²) in [6, 6.07) is 5.60. The Morgan fingerprint density at radius 1 is 1.35 bits per heavy atom. The number of aromatic nitrogens is 1. The molecule has 1 aliphatic rings. The Morgan fingerprint density at radius 2 is 2.18 bits per heavy atom. The molecule has 0 N–H and O–H groups in total. The summed E-state index contributed by atoms with van der Waals surface area (Å²) < 4.78 is 23.0. The van der Waals surface area contributed by atoms with E-state index in [4.69, 9.17) is 5.26 Å². The fraction of sp³-hybridized carbons (Fsp3) is 0.455. The predicted molar refractivity (Wildman–Crippen MR) is 64.4 cm³/mol. The monoisotopic (exact) mass is 251 g/mol. The molecule has 0 atom stereocenters. The van der Waals surface area contributed by atoms with E-state index in [1.54, 1.807) is 12.3 Å². The van der Waals surface area contributed by atoms with Gasteiger partial charge < -0.3 is 4.90 Å². The molecule has 17 heavy (non-hydrogen) atoms. The molecule has 0 aromatic carbocycles. The van der Waals surface area contributed by atoms with Crippen LogP contribution in [0.4, 0.5) is 5.69 Å². The maximum Gasteiger partial charge on any atom is 0.163 e. The van der Waals surface area contributed by atoms with Crippen LogP contribution in [0.25, 0.3) is 0 Å². The Morgan fingerprint density at radius 3 is 2.94 bits per heavy atom. The smallest absolute Gasteiger partial charge is 0.163 e. The quantitative estimate of drug-likeness (QED) is 0.730. The van der Waals surface area contributed by atoms with Crippen molar-refractivity contribution in [2.45, 2.75) is 6.42 Å². The molecule has 0 amide bonds. The van der Waals surface area contributed by atoms with Gasteiger partial charge in [0.05, 0.1) is 17.2 Å². The molecule has 0 aliphatic carbocycles. The average Bonchev–Trinajstić information content (AvgIpc) is 2.50. The number of nitrogens with zero attached hydrogens (tertiary/aromatic N) is 3. The van der Waals surface area contributed by atoms with Crippen LogP contribution in [0.15, 0.2) is 18.3 Å². The van der Waals surface area contributed by atoms with Crippen molar-refractivity contribution in [2.75, 3.05) is 29.5 Å². The van der Waals surface area contributed by atoms with Gasteiger partial charge in [-0.15, -0.1) is 0 Å². The highest BCUT2D eigenvalue weighted by Gasteiger charge is 2.20. The SMILES string of the molecule is N#Cc1ncccc1N1CCCS(=O)(=O)CC1. The number of hydrogen-bond donors (Lipinski definition) is 0. The molecule has 1 aromatic heterocycles. The van der Waals surface area contributed by atoms with E-state index in [1.807, 2.05) is 17.0 Å². The van der Waals surface area contributed by atoms with E-state index in [0.717, 1.165) is 5.69 Å². The van der Waals surface area contributed by atoms with Gasteiger partial charge in [-0.3, -0.25) is 0 Å². The molecule has 0 saturated carbocycles. The number of anilines is 1. The second-order valence-corrected chi connectivity index (χ2v) is 6.28. The molecule has 90 valence electrons. The maximum absolute atomic E-state index is 11.5. The predicted octanol–water partition coefficient (Wildman–Crippen LogP) is 0.578. The van der Waals surface area contributed by atoms with E-state index in [-0.39, 0.29) is 11.5 Å². The van der Waals surface area contributed by atoms with Crippen molar-refractivity contribution in [2.24, 2.45) is 0 Å². The Kier molecular flexibility index (Phi) is 3.29. The van der Waals surface area contributed by atoms with Crippen LogP contribution in [0.3, 0.4) is 0 Å². The zero-order chi connectivity index (χ0) is 12.3. The minimum absolute atomic E-state index is 0.146. The van der Waals surface area contributed by atoms with E-state index < -0.39 is 9.84 Å². The maximum atomic E-state index is 11.5. The Hall–Kier alpha value is -1.61. The second kappa shape index (κ2) is 4.72. The van der Waals surface area contributed by atoms with Gasteiger partial charge in [-0.05, 0) is 18.6 Å². The second-order valence-electron chi connectivity index (χ2n) is 3.98. The average molecular weight is 251 g/mol. The minimum Gasteiger partial charge on any atom is -0.368 e. The molecule has 1 saturated heterocycles. The van der Waals surface area contributed by atoms with Crippen molar-refractivity contribution in [1.82, 2.24) is 4.98 Å². The molecule has 0 unspecified atom stereocenters. The summed E-state index contributed by atoms with van der Waals surface area (Å²) in [6.07, 6.45) is 2.17. The van der Waals surface area contributed by atoms with Gasteiger partial charge in [-0.2, -0.15) is 5.26 Å². The number of nitriles is 1. The highest BCUT2D eigenvalue weighted by Crippen LogP contribution is 2.19. The van der Waals surface area contributed by atoms with Crippen molar-refractivity contribution < 1.29 is 8.42 Å². The van der Waals surface area contributed by atoms with Crippen LogP contribution in [0.1, 0.15) is 12.1 Å². The number of rotatable bonds is 1. The lowest BCUT2D eigenvalue weighted by atomic mass is 10.2. The summed E-state index contributed by atoms with van der Waals surface area (Å²) in [5.74, 6) is 0.373. The Bertz CT molecular complexity index is 548. The molecular formula is C11H13N3O2S. The molecular weight excluding hydrogens is 238 g/mol. The normalized spacial score (nSPS) is 19.4. The van der Waals surface area contributed by atoms with Gasteiger partial charge in [0.15, 0.2) is 15.5 Å². The van der Waals surface area contributed by atoms with E-state index in [1.165, 1.54) is 0 Å². The Balaban J connectivity index is 2.26. The van der Waals surface area contributed by atoms with Crippen LogP contribution in [0.2, 0.25) is 0 Å². The van der Waals surface area contributed by atoms with Gasteiger partial charge >= 0.3 is 0 Å². The number of hydrogen-bond acceptors (Lipinski definition) is 5. The van der Waals surface area contributed by atoms with Crippen molar-refractivity contribution in [3.63, 3.8) is 0 Å². The van der Waals surface area contributed by atoms with Crippen LogP contribution in [-0.4, -0.2) is 38.0 Å². The minimum atomic E-state index is -2.92. The third-order valence-electron chi connectivity index (χ3n) is 2.79. The van der Waals surface area contributed by atoms with Crippen LogP contribution >= 0.6 is 0 Å². The fourth-order valence-electron chi connectivity index (χ4n) is 1.92. The van der Waals surface area contributed by atoms with Crippen LogP contribution < -0.4 is 4.90 Å². The van der Waals surface area contributed by atoms with Crippen LogP contribution in [-0.2, 0) is 9.84 Å². The summed E-state index contributed by atoms with van der Waals surface area (Å²) in [4.78, 5) is 5.91. The third-order valence-corrected chi connectivity index (χ3v) is 4.50. The summed E-state index contributed by atoms with van der Waals surface area (Å²) in [5, 5.41) is 8.96. The molecule has 2 rings (SSSR count). The van der Waals surface area contributed by atoms with Gasteiger partial charge in [0.25, 0.3) is 0 Å². The summed E-state index contributed by atoms with van der Waals surface area (Å²) >= 11 is 0. The molecule has 1 aromatic rings. The molecule has 1 fully saturated rings. The van der Waals surface area contributed by atoms with Crippen molar-refractivity contribution in [3.8, 4) is 6.07 Å². The lowest BCUT2D eigenvalue weighted by molar-refractivity contribution is 0.597. The van der Waals surface area contributed by atoms with Crippen molar-refractivity contribution in [3.05, 3.63) is 24.0 Å². The molecule has 0 spiro atoms. The number of pyridine rings is 1. The highest BCUT2D eigenvalue weighted by molar-refractivity contribution is 7.91. The van der Waals surface area contributed by atoms with Crippen LogP contribution in [0, 0.1) is 11.3 Å². The standard InChI is InChI=1S/C11H13N3O2S/c12-9-10-11(3-1-4-13-10)14-5-2-7-17(15,16)8-6-14/h1,3-4H,2,5-8H2. The molecule has 6 heteroatoms. The molecule has 0 radical (unpaired) electrons. The number of sulfone groups is 1. The van der Waals surface area contributed by atoms with Gasteiger partial charge in [-0.1, -0.05) is 0 Å². The lowest BCUT2D eigenvalue weighted by Gasteiger charge is -2.22. The van der Waals surface area contributed by atoms with Crippen molar-refractivity contribution in [1.29, 1.82) is 5.26 Å². The van der Waals surface area contributed by atoms with Gasteiger partial charge in [-0.25, -0.2) is 13.4 Å². The van der Waals surface area contributed by atoms with E-state index >= 15 is 0 Å². The summed E-state index contributed by atoms with van der Waals surface area (Å²) in [7, 11) is -2.92.